The van der Waals surface area contributed by atoms with Crippen molar-refractivity contribution in [3.8, 4) is 0 Å². The monoisotopic (exact) mass is 246 g/mol. The van der Waals surface area contributed by atoms with Gasteiger partial charge in [-0.05, 0) is 30.4 Å². The molecule has 3 nitrogen and oxygen atoms in total. The van der Waals surface area contributed by atoms with Gasteiger partial charge < -0.3 is 0 Å². The van der Waals surface area contributed by atoms with Gasteiger partial charge in [-0.25, -0.2) is 14.6 Å². The molecular weight excluding hydrogens is 234 g/mol. The maximum Gasteiger partial charge on any atom is 0.233 e. The summed E-state index contributed by atoms with van der Waals surface area (Å²) in [6.07, 6.45) is 0.837. The number of nitrogens with one attached hydrogen (secondary N) is 1. The van der Waals surface area contributed by atoms with E-state index in [1.165, 1.54) is 11.8 Å². The molecule has 1 aromatic carbocycles. The van der Waals surface area contributed by atoms with Crippen molar-refractivity contribution in [2.24, 2.45) is 5.84 Å². The summed E-state index contributed by atoms with van der Waals surface area (Å²) in [6, 6.07) is 3.30. The molecule has 1 aromatic rings. The second-order valence-electron chi connectivity index (χ2n) is 3.09. The fraction of sp³-hybridized carbons (Fsp3) is 0.300. The molecule has 0 aliphatic rings. The van der Waals surface area contributed by atoms with Crippen LogP contribution in [-0.2, 0) is 4.79 Å². The minimum absolute atomic E-state index is 0.258. The van der Waals surface area contributed by atoms with Crippen LogP contribution in [0.2, 0.25) is 0 Å². The Balaban J connectivity index is 2.37. The summed E-state index contributed by atoms with van der Waals surface area (Å²) < 4.78 is 25.9. The molecular formula is C10H12F2N2OS. The number of hydrogen-bond acceptors (Lipinski definition) is 3. The van der Waals surface area contributed by atoms with E-state index in [9.17, 15) is 13.6 Å². The third-order valence-corrected chi connectivity index (χ3v) is 2.98. The highest BCUT2D eigenvalue weighted by atomic mass is 32.2. The quantitative estimate of drug-likeness (QED) is 0.274. The van der Waals surface area contributed by atoms with Gasteiger partial charge in [0, 0.05) is 11.3 Å². The molecule has 0 atom stereocenters. The maximum atomic E-state index is 13.1. The Bertz CT molecular complexity index is 374. The fourth-order valence-electron chi connectivity index (χ4n) is 1.07. The number of hydrogen-bond donors (Lipinski definition) is 2. The summed E-state index contributed by atoms with van der Waals surface area (Å²) in [5.41, 5.74) is 2.00. The van der Waals surface area contributed by atoms with Gasteiger partial charge in [-0.15, -0.1) is 11.8 Å². The SMILES string of the molecule is NNC(=O)CCCSc1cc(F)ccc1F. The summed E-state index contributed by atoms with van der Waals surface area (Å²) in [4.78, 5) is 11.0. The molecule has 88 valence electrons. The first-order valence-electron chi connectivity index (χ1n) is 4.71. The van der Waals surface area contributed by atoms with Crippen LogP contribution in [0.1, 0.15) is 12.8 Å². The van der Waals surface area contributed by atoms with E-state index in [1.807, 2.05) is 5.43 Å². The van der Waals surface area contributed by atoms with Crippen molar-refractivity contribution in [3.05, 3.63) is 29.8 Å². The highest BCUT2D eigenvalue weighted by Gasteiger charge is 2.05. The molecule has 0 heterocycles. The van der Waals surface area contributed by atoms with E-state index in [2.05, 4.69) is 0 Å². The molecule has 0 fully saturated rings. The smallest absolute Gasteiger partial charge is 0.233 e. The Morgan fingerprint density at radius 1 is 1.44 bits per heavy atom. The average Bonchev–Trinajstić information content (AvgIpc) is 2.28. The zero-order chi connectivity index (χ0) is 12.0. The molecule has 0 saturated heterocycles. The lowest BCUT2D eigenvalue weighted by Crippen LogP contribution is -2.29. The van der Waals surface area contributed by atoms with Gasteiger partial charge in [0.1, 0.15) is 11.6 Å². The van der Waals surface area contributed by atoms with Crippen LogP contribution in [0.25, 0.3) is 0 Å². The molecule has 0 aliphatic heterocycles. The van der Waals surface area contributed by atoms with E-state index in [0.29, 0.717) is 12.2 Å². The summed E-state index contributed by atoms with van der Waals surface area (Å²) in [6.45, 7) is 0. The number of benzene rings is 1. The molecule has 3 N–H and O–H groups in total. The van der Waals surface area contributed by atoms with Crippen LogP contribution in [0.4, 0.5) is 8.78 Å². The Labute approximate surface area is 96.4 Å². The lowest BCUT2D eigenvalue weighted by atomic mass is 10.3. The zero-order valence-corrected chi connectivity index (χ0v) is 9.32. The third kappa shape index (κ3) is 4.16. The van der Waals surface area contributed by atoms with Gasteiger partial charge in [-0.1, -0.05) is 0 Å². The van der Waals surface area contributed by atoms with Crippen LogP contribution in [-0.4, -0.2) is 11.7 Å². The van der Waals surface area contributed by atoms with Crippen LogP contribution in [0, 0.1) is 11.6 Å². The summed E-state index contributed by atoms with van der Waals surface area (Å²) in [5, 5.41) is 0. The molecule has 0 aromatic heterocycles. The van der Waals surface area contributed by atoms with Crippen molar-refractivity contribution in [1.29, 1.82) is 0 Å². The van der Waals surface area contributed by atoms with Crippen molar-refractivity contribution in [3.63, 3.8) is 0 Å². The number of rotatable bonds is 5. The predicted molar refractivity (Wildman–Crippen MR) is 58.6 cm³/mol. The first-order valence-corrected chi connectivity index (χ1v) is 5.69. The second kappa shape index (κ2) is 6.44. The maximum absolute atomic E-state index is 13.1. The molecule has 6 heteroatoms. The molecule has 1 rings (SSSR count). The van der Waals surface area contributed by atoms with Crippen molar-refractivity contribution in [1.82, 2.24) is 5.43 Å². The average molecular weight is 246 g/mol. The molecule has 0 spiro atoms. The van der Waals surface area contributed by atoms with Crippen LogP contribution in [0.15, 0.2) is 23.1 Å². The van der Waals surface area contributed by atoms with Gasteiger partial charge in [-0.2, -0.15) is 0 Å². The molecule has 0 aliphatic carbocycles. The minimum Gasteiger partial charge on any atom is -0.294 e. The van der Waals surface area contributed by atoms with Crippen LogP contribution < -0.4 is 11.3 Å². The van der Waals surface area contributed by atoms with Gasteiger partial charge in [-0.3, -0.25) is 10.2 Å². The van der Waals surface area contributed by atoms with E-state index in [4.69, 9.17) is 5.84 Å². The van der Waals surface area contributed by atoms with Crippen molar-refractivity contribution >= 4 is 17.7 Å². The van der Waals surface area contributed by atoms with Crippen LogP contribution in [0.3, 0.4) is 0 Å². The molecule has 1 amide bonds. The number of carbonyl (C=O) groups is 1. The normalized spacial score (nSPS) is 10.2. The molecule has 0 bridgehead atoms. The summed E-state index contributed by atoms with van der Waals surface area (Å²) in [5.74, 6) is 4.25. The van der Waals surface area contributed by atoms with E-state index >= 15 is 0 Å². The molecule has 0 saturated carbocycles. The number of nitrogens with two attached hydrogens (primary N) is 1. The van der Waals surface area contributed by atoms with Crippen molar-refractivity contribution < 1.29 is 13.6 Å². The Kier molecular flexibility index (Phi) is 5.21. The number of halogens is 2. The van der Waals surface area contributed by atoms with Gasteiger partial charge in [0.25, 0.3) is 0 Å². The van der Waals surface area contributed by atoms with E-state index < -0.39 is 11.6 Å². The predicted octanol–water partition coefficient (Wildman–Crippen LogP) is 1.83. The number of thioether (sulfide) groups is 1. The van der Waals surface area contributed by atoms with Crippen molar-refractivity contribution in [2.75, 3.05) is 5.75 Å². The van der Waals surface area contributed by atoms with Crippen LogP contribution >= 0.6 is 11.8 Å². The van der Waals surface area contributed by atoms with Gasteiger partial charge in [0.15, 0.2) is 0 Å². The van der Waals surface area contributed by atoms with E-state index in [0.717, 1.165) is 18.2 Å². The summed E-state index contributed by atoms with van der Waals surface area (Å²) in [7, 11) is 0. The van der Waals surface area contributed by atoms with E-state index in [-0.39, 0.29) is 17.2 Å². The highest BCUT2D eigenvalue weighted by molar-refractivity contribution is 7.99. The van der Waals surface area contributed by atoms with Gasteiger partial charge in [0.2, 0.25) is 5.91 Å². The lowest BCUT2D eigenvalue weighted by molar-refractivity contribution is -0.121. The first-order chi connectivity index (χ1) is 7.63. The minimum atomic E-state index is -0.469. The first kappa shape index (κ1) is 12.9. The number of carbonyl (C=O) groups excluding carboxylic acids is 1. The summed E-state index contributed by atoms with van der Waals surface area (Å²) >= 11 is 1.18. The fourth-order valence-corrected chi connectivity index (χ4v) is 1.99. The molecule has 16 heavy (non-hydrogen) atoms. The molecule has 0 radical (unpaired) electrons. The lowest BCUT2D eigenvalue weighted by Gasteiger charge is -2.03. The van der Waals surface area contributed by atoms with E-state index in [1.54, 1.807) is 0 Å². The topological polar surface area (TPSA) is 55.1 Å². The Morgan fingerprint density at radius 2 is 2.19 bits per heavy atom. The number of amides is 1. The van der Waals surface area contributed by atoms with Crippen molar-refractivity contribution in [2.45, 2.75) is 17.7 Å². The van der Waals surface area contributed by atoms with Gasteiger partial charge in [0.05, 0.1) is 0 Å². The Hall–Kier alpha value is -1.14. The zero-order valence-electron chi connectivity index (χ0n) is 8.50. The second-order valence-corrected chi connectivity index (χ2v) is 4.23. The Morgan fingerprint density at radius 3 is 2.88 bits per heavy atom. The highest BCUT2D eigenvalue weighted by Crippen LogP contribution is 2.23. The molecule has 0 unspecified atom stereocenters. The number of hydrazine groups is 1. The van der Waals surface area contributed by atoms with Crippen LogP contribution in [0.5, 0.6) is 0 Å². The standard InChI is InChI=1S/C10H12F2N2OS/c11-7-3-4-8(12)9(6-7)16-5-1-2-10(15)14-13/h3-4,6H,1-2,5,13H2,(H,14,15). The largest absolute Gasteiger partial charge is 0.294 e. The third-order valence-electron chi connectivity index (χ3n) is 1.86. The van der Waals surface area contributed by atoms with Gasteiger partial charge >= 0.3 is 0 Å².